The second-order valence-corrected chi connectivity index (χ2v) is 6.61. The Kier molecular flexibility index (Phi) is 4.83. The molecule has 0 unspecified atom stereocenters. The fourth-order valence-electron chi connectivity index (χ4n) is 3.39. The summed E-state index contributed by atoms with van der Waals surface area (Å²) in [6.07, 6.45) is 1.12. The fourth-order valence-corrected chi connectivity index (χ4v) is 3.39. The SMILES string of the molecule is COc1ccc(-c2cccc(N(C)c3nc(=N)n(C=N)c4ccccc34)c2)cc1. The standard InChI is InChI=1S/C23H21N5O/c1-27(22-20-8-3-4-9-21(20)28(15-24)23(25)26-22)18-7-5-6-17(14-18)16-10-12-19(29-2)13-11-16/h3-15,24-25H,1-2H3. The first-order valence-corrected chi connectivity index (χ1v) is 9.17. The zero-order valence-electron chi connectivity index (χ0n) is 16.3. The predicted octanol–water partition coefficient (Wildman–Crippen LogP) is 4.41. The van der Waals surface area contributed by atoms with Gasteiger partial charge in [-0.15, -0.1) is 0 Å². The normalized spacial score (nSPS) is 10.7. The molecular weight excluding hydrogens is 362 g/mol. The van der Waals surface area contributed by atoms with Gasteiger partial charge >= 0.3 is 0 Å². The number of fused-ring (bicyclic) bond motifs is 1. The smallest absolute Gasteiger partial charge is 0.229 e. The number of ether oxygens (including phenoxy) is 1. The van der Waals surface area contributed by atoms with E-state index in [1.165, 1.54) is 4.57 Å². The summed E-state index contributed by atoms with van der Waals surface area (Å²) in [5.41, 5.74) is 3.93. The van der Waals surface area contributed by atoms with Gasteiger partial charge in [-0.05, 0) is 47.5 Å². The van der Waals surface area contributed by atoms with Crippen molar-refractivity contribution < 1.29 is 4.74 Å². The Morgan fingerprint density at radius 3 is 2.45 bits per heavy atom. The number of hydrogen-bond donors (Lipinski definition) is 2. The third-order valence-corrected chi connectivity index (χ3v) is 4.95. The molecule has 4 rings (SSSR count). The van der Waals surface area contributed by atoms with Crippen molar-refractivity contribution in [2.24, 2.45) is 0 Å². The quantitative estimate of drug-likeness (QED) is 0.396. The Bertz CT molecular complexity index is 1240. The van der Waals surface area contributed by atoms with Crippen LogP contribution in [-0.4, -0.2) is 30.0 Å². The van der Waals surface area contributed by atoms with Crippen LogP contribution in [0.1, 0.15) is 0 Å². The third kappa shape index (κ3) is 3.36. The summed E-state index contributed by atoms with van der Waals surface area (Å²) < 4.78 is 6.70. The van der Waals surface area contributed by atoms with Gasteiger partial charge in [-0.25, -0.2) is 0 Å². The molecule has 0 aliphatic heterocycles. The molecule has 4 aromatic rings. The van der Waals surface area contributed by atoms with Crippen molar-refractivity contribution in [2.75, 3.05) is 19.1 Å². The van der Waals surface area contributed by atoms with E-state index in [1.807, 2.05) is 72.6 Å². The van der Waals surface area contributed by atoms with Crippen LogP contribution in [-0.2, 0) is 0 Å². The van der Waals surface area contributed by atoms with Gasteiger partial charge in [0.2, 0.25) is 5.62 Å². The molecule has 1 aromatic heterocycles. The zero-order chi connectivity index (χ0) is 20.4. The van der Waals surface area contributed by atoms with Gasteiger partial charge in [0.05, 0.1) is 19.0 Å². The van der Waals surface area contributed by atoms with Crippen LogP contribution in [0.2, 0.25) is 0 Å². The molecule has 29 heavy (non-hydrogen) atoms. The molecule has 0 saturated heterocycles. The Morgan fingerprint density at radius 1 is 0.966 bits per heavy atom. The van der Waals surface area contributed by atoms with Gasteiger partial charge < -0.3 is 9.64 Å². The lowest BCUT2D eigenvalue weighted by molar-refractivity contribution is 0.415. The molecule has 1 heterocycles. The molecule has 0 aliphatic carbocycles. The highest BCUT2D eigenvalue weighted by Crippen LogP contribution is 2.31. The summed E-state index contributed by atoms with van der Waals surface area (Å²) in [6, 6.07) is 23.8. The van der Waals surface area contributed by atoms with E-state index in [4.69, 9.17) is 15.6 Å². The minimum atomic E-state index is 0.0202. The number of nitrogens with zero attached hydrogens (tertiary/aromatic N) is 3. The van der Waals surface area contributed by atoms with Gasteiger partial charge in [-0.3, -0.25) is 15.4 Å². The van der Waals surface area contributed by atoms with Gasteiger partial charge in [0.1, 0.15) is 11.6 Å². The van der Waals surface area contributed by atoms with Crippen LogP contribution >= 0.6 is 0 Å². The number of benzene rings is 3. The van der Waals surface area contributed by atoms with E-state index in [0.717, 1.165) is 39.8 Å². The molecule has 0 amide bonds. The highest BCUT2D eigenvalue weighted by molar-refractivity contribution is 5.94. The summed E-state index contributed by atoms with van der Waals surface area (Å²) in [5.74, 6) is 1.50. The van der Waals surface area contributed by atoms with Gasteiger partial charge in [-0.1, -0.05) is 36.4 Å². The molecule has 3 aromatic carbocycles. The maximum atomic E-state index is 8.23. The molecule has 0 spiro atoms. The van der Waals surface area contributed by atoms with E-state index in [2.05, 4.69) is 17.1 Å². The van der Waals surface area contributed by atoms with Gasteiger partial charge in [0.15, 0.2) is 0 Å². The van der Waals surface area contributed by atoms with Crippen molar-refractivity contribution in [1.29, 1.82) is 10.8 Å². The number of aromatic nitrogens is 2. The highest BCUT2D eigenvalue weighted by Gasteiger charge is 2.13. The number of para-hydroxylation sites is 1. The summed E-state index contributed by atoms with van der Waals surface area (Å²) in [7, 11) is 3.60. The largest absolute Gasteiger partial charge is 0.497 e. The maximum absolute atomic E-state index is 8.23. The molecule has 0 saturated carbocycles. The number of nitrogens with one attached hydrogen (secondary N) is 2. The maximum Gasteiger partial charge on any atom is 0.229 e. The fraction of sp³-hybridized carbons (Fsp3) is 0.0870. The van der Waals surface area contributed by atoms with Crippen LogP contribution in [0.4, 0.5) is 11.5 Å². The van der Waals surface area contributed by atoms with Crippen LogP contribution in [0.25, 0.3) is 22.0 Å². The van der Waals surface area contributed by atoms with E-state index in [9.17, 15) is 0 Å². The Labute approximate surface area is 168 Å². The lowest BCUT2D eigenvalue weighted by atomic mass is 10.0. The lowest BCUT2D eigenvalue weighted by Gasteiger charge is -2.21. The molecule has 6 heteroatoms. The number of methoxy groups -OCH3 is 1. The van der Waals surface area contributed by atoms with Crippen molar-refractivity contribution >= 4 is 28.7 Å². The van der Waals surface area contributed by atoms with Crippen molar-refractivity contribution in [3.8, 4) is 16.9 Å². The summed E-state index contributed by atoms with van der Waals surface area (Å²) in [5, 5.41) is 16.7. The van der Waals surface area contributed by atoms with Crippen LogP contribution in [0.3, 0.4) is 0 Å². The van der Waals surface area contributed by atoms with Gasteiger partial charge in [-0.2, -0.15) is 4.98 Å². The predicted molar refractivity (Wildman–Crippen MR) is 116 cm³/mol. The summed E-state index contributed by atoms with van der Waals surface area (Å²) in [4.78, 5) is 6.44. The first-order chi connectivity index (χ1) is 14.1. The zero-order valence-corrected chi connectivity index (χ0v) is 16.3. The lowest BCUT2D eigenvalue weighted by Crippen LogP contribution is -2.26. The van der Waals surface area contributed by atoms with Gasteiger partial charge in [0, 0.05) is 18.1 Å². The molecule has 6 nitrogen and oxygen atoms in total. The van der Waals surface area contributed by atoms with Crippen LogP contribution in [0.5, 0.6) is 5.75 Å². The second-order valence-electron chi connectivity index (χ2n) is 6.61. The first-order valence-electron chi connectivity index (χ1n) is 9.17. The molecule has 0 radical (unpaired) electrons. The number of anilines is 2. The average molecular weight is 383 g/mol. The minimum absolute atomic E-state index is 0.0202. The molecular formula is C23H21N5O. The van der Waals surface area contributed by atoms with E-state index >= 15 is 0 Å². The number of hydrogen-bond acceptors (Lipinski definition) is 5. The average Bonchev–Trinajstić information content (AvgIpc) is 2.78. The van der Waals surface area contributed by atoms with Crippen molar-refractivity contribution in [2.45, 2.75) is 0 Å². The van der Waals surface area contributed by atoms with E-state index in [0.29, 0.717) is 5.82 Å². The monoisotopic (exact) mass is 383 g/mol. The molecule has 0 aliphatic rings. The first kappa shape index (κ1) is 18.4. The van der Waals surface area contributed by atoms with Crippen LogP contribution < -0.4 is 15.3 Å². The van der Waals surface area contributed by atoms with Crippen molar-refractivity contribution in [1.82, 2.24) is 9.55 Å². The topological polar surface area (TPSA) is 78.0 Å². The summed E-state index contributed by atoms with van der Waals surface area (Å²) >= 11 is 0. The Balaban J connectivity index is 1.80. The third-order valence-electron chi connectivity index (χ3n) is 4.95. The molecule has 0 atom stereocenters. The second kappa shape index (κ2) is 7.59. The minimum Gasteiger partial charge on any atom is -0.497 e. The van der Waals surface area contributed by atoms with Crippen molar-refractivity contribution in [3.05, 3.63) is 78.4 Å². The molecule has 2 N–H and O–H groups in total. The molecule has 144 valence electrons. The number of rotatable bonds is 5. The van der Waals surface area contributed by atoms with E-state index < -0.39 is 0 Å². The molecule has 0 bridgehead atoms. The van der Waals surface area contributed by atoms with Gasteiger partial charge in [0.25, 0.3) is 0 Å². The summed E-state index contributed by atoms with van der Waals surface area (Å²) in [6.45, 7) is 0. The Morgan fingerprint density at radius 2 is 1.72 bits per heavy atom. The van der Waals surface area contributed by atoms with E-state index in [-0.39, 0.29) is 5.62 Å². The van der Waals surface area contributed by atoms with Crippen LogP contribution in [0.15, 0.2) is 72.8 Å². The van der Waals surface area contributed by atoms with Crippen molar-refractivity contribution in [3.63, 3.8) is 0 Å². The van der Waals surface area contributed by atoms with Crippen LogP contribution in [0, 0.1) is 10.8 Å². The Hall–Kier alpha value is -3.93. The highest BCUT2D eigenvalue weighted by atomic mass is 16.5. The van der Waals surface area contributed by atoms with E-state index in [1.54, 1.807) is 7.11 Å². The molecule has 0 fully saturated rings.